The molecule has 1 unspecified atom stereocenters. The third-order valence-electron chi connectivity index (χ3n) is 5.43. The van der Waals surface area contributed by atoms with Gasteiger partial charge in [0.1, 0.15) is 11.9 Å². The van der Waals surface area contributed by atoms with Crippen LogP contribution in [0.2, 0.25) is 5.02 Å². The van der Waals surface area contributed by atoms with Crippen molar-refractivity contribution < 1.29 is 9.53 Å². The molecule has 6 nitrogen and oxygen atoms in total. The lowest BCUT2D eigenvalue weighted by Gasteiger charge is -2.35. The Balaban J connectivity index is 0.00000450. The number of carbonyl (C=O) groups is 1. The maximum atomic E-state index is 12.5. The molecule has 1 saturated heterocycles. The smallest absolute Gasteiger partial charge is 0.225 e. The second-order valence-electron chi connectivity index (χ2n) is 7.57. The number of ether oxygens (including phenoxy) is 1. The molecule has 2 N–H and O–H groups in total. The first-order valence-corrected chi connectivity index (χ1v) is 11.0. The minimum absolute atomic E-state index is 0. The standard InChI is InChI=1S/C22H35ClN4O2.HI/c1-5-17(6-2)21(28)27-13-11-18(12-14-27)26-22(24-4)25-15-16(3)29-20-10-8-7-9-19(20)23;/h7-10,16-18H,5-6,11-15H2,1-4H3,(H2,24,25,26);1H. The third kappa shape index (κ3) is 8.13. The summed E-state index contributed by atoms with van der Waals surface area (Å²) in [6.45, 7) is 8.38. The monoisotopic (exact) mass is 550 g/mol. The number of likely N-dealkylation sites (tertiary alicyclic amines) is 1. The highest BCUT2D eigenvalue weighted by Crippen LogP contribution is 2.24. The van der Waals surface area contributed by atoms with E-state index in [1.54, 1.807) is 7.05 Å². The Morgan fingerprint density at radius 2 is 1.90 bits per heavy atom. The molecule has 0 saturated carbocycles. The van der Waals surface area contributed by atoms with E-state index in [2.05, 4.69) is 29.5 Å². The van der Waals surface area contributed by atoms with E-state index in [4.69, 9.17) is 16.3 Å². The molecule has 0 aliphatic carbocycles. The summed E-state index contributed by atoms with van der Waals surface area (Å²) in [5, 5.41) is 7.40. The van der Waals surface area contributed by atoms with Gasteiger partial charge >= 0.3 is 0 Å². The van der Waals surface area contributed by atoms with Gasteiger partial charge in [-0.2, -0.15) is 0 Å². The first-order chi connectivity index (χ1) is 14.0. The van der Waals surface area contributed by atoms with Crippen LogP contribution in [0.1, 0.15) is 46.5 Å². The lowest BCUT2D eigenvalue weighted by molar-refractivity contribution is -0.136. The van der Waals surface area contributed by atoms with Crippen LogP contribution in [0.3, 0.4) is 0 Å². The summed E-state index contributed by atoms with van der Waals surface area (Å²) >= 11 is 6.15. The Bertz CT molecular complexity index is 677. The zero-order valence-electron chi connectivity index (χ0n) is 18.5. The van der Waals surface area contributed by atoms with Crippen LogP contribution in [0.4, 0.5) is 0 Å². The average molecular weight is 551 g/mol. The second kappa shape index (κ2) is 14.0. The molecule has 1 aliphatic heterocycles. The summed E-state index contributed by atoms with van der Waals surface area (Å²) in [5.41, 5.74) is 0. The number of hydrogen-bond acceptors (Lipinski definition) is 3. The van der Waals surface area contributed by atoms with Crippen molar-refractivity contribution in [3.8, 4) is 5.75 Å². The highest BCUT2D eigenvalue weighted by molar-refractivity contribution is 14.0. The topological polar surface area (TPSA) is 66.0 Å². The van der Waals surface area contributed by atoms with E-state index in [0.717, 1.165) is 44.7 Å². The molecule has 0 radical (unpaired) electrons. The van der Waals surface area contributed by atoms with Gasteiger partial charge in [0.15, 0.2) is 5.96 Å². The van der Waals surface area contributed by atoms with Crippen molar-refractivity contribution in [3.05, 3.63) is 29.3 Å². The van der Waals surface area contributed by atoms with Gasteiger partial charge < -0.3 is 20.3 Å². The summed E-state index contributed by atoms with van der Waals surface area (Å²) < 4.78 is 5.89. The fraction of sp³-hybridized carbons (Fsp3) is 0.636. The number of para-hydroxylation sites is 1. The molecule has 1 aromatic rings. The molecule has 1 aromatic carbocycles. The molecule has 2 rings (SSSR count). The van der Waals surface area contributed by atoms with Crippen molar-refractivity contribution in [2.75, 3.05) is 26.7 Å². The van der Waals surface area contributed by atoms with E-state index in [-0.39, 0.29) is 36.0 Å². The van der Waals surface area contributed by atoms with Crippen molar-refractivity contribution in [1.82, 2.24) is 15.5 Å². The van der Waals surface area contributed by atoms with E-state index in [1.807, 2.05) is 36.1 Å². The number of aliphatic imine (C=N–C) groups is 1. The van der Waals surface area contributed by atoms with Gasteiger partial charge in [-0.05, 0) is 44.7 Å². The third-order valence-corrected chi connectivity index (χ3v) is 5.74. The van der Waals surface area contributed by atoms with Crippen molar-refractivity contribution in [1.29, 1.82) is 0 Å². The molecule has 1 amide bonds. The lowest BCUT2D eigenvalue weighted by Crippen LogP contribution is -2.51. The van der Waals surface area contributed by atoms with Crippen molar-refractivity contribution >= 4 is 47.4 Å². The first kappa shape index (κ1) is 26.8. The number of halogens is 2. The van der Waals surface area contributed by atoms with Gasteiger partial charge in [0.2, 0.25) is 5.91 Å². The minimum Gasteiger partial charge on any atom is -0.487 e. The van der Waals surface area contributed by atoms with Gasteiger partial charge in [-0.1, -0.05) is 37.6 Å². The molecule has 0 bridgehead atoms. The van der Waals surface area contributed by atoms with Crippen LogP contribution in [0.25, 0.3) is 0 Å². The fourth-order valence-corrected chi connectivity index (χ4v) is 3.75. The number of benzene rings is 1. The van der Waals surface area contributed by atoms with Crippen LogP contribution in [0.15, 0.2) is 29.3 Å². The summed E-state index contributed by atoms with van der Waals surface area (Å²) in [6.07, 6.45) is 3.63. The largest absolute Gasteiger partial charge is 0.487 e. The molecule has 170 valence electrons. The number of rotatable bonds is 8. The highest BCUT2D eigenvalue weighted by Gasteiger charge is 2.26. The van der Waals surface area contributed by atoms with Gasteiger partial charge in [0.05, 0.1) is 11.6 Å². The van der Waals surface area contributed by atoms with Crippen LogP contribution in [0.5, 0.6) is 5.75 Å². The molecular weight excluding hydrogens is 515 g/mol. The molecule has 1 heterocycles. The molecular formula is C22H36ClIN4O2. The molecule has 0 spiro atoms. The molecule has 1 atom stereocenters. The quantitative estimate of drug-likeness (QED) is 0.288. The summed E-state index contributed by atoms with van der Waals surface area (Å²) in [7, 11) is 1.76. The summed E-state index contributed by atoms with van der Waals surface area (Å²) in [5.74, 6) is 1.90. The van der Waals surface area contributed by atoms with Crippen molar-refractivity contribution in [3.63, 3.8) is 0 Å². The normalized spacial score (nSPS) is 16.1. The summed E-state index contributed by atoms with van der Waals surface area (Å²) in [4.78, 5) is 18.9. The maximum absolute atomic E-state index is 12.5. The first-order valence-electron chi connectivity index (χ1n) is 10.7. The number of nitrogens with one attached hydrogen (secondary N) is 2. The van der Waals surface area contributed by atoms with Gasteiger partial charge in [-0.3, -0.25) is 9.79 Å². The average Bonchev–Trinajstić information content (AvgIpc) is 2.74. The lowest BCUT2D eigenvalue weighted by atomic mass is 9.98. The molecule has 8 heteroatoms. The number of nitrogens with zero attached hydrogens (tertiary/aromatic N) is 2. The Hall–Kier alpha value is -1.22. The number of guanidine groups is 1. The molecule has 0 aromatic heterocycles. The van der Waals surface area contributed by atoms with Gasteiger partial charge in [0, 0.05) is 32.1 Å². The van der Waals surface area contributed by atoms with Crippen molar-refractivity contribution in [2.24, 2.45) is 10.9 Å². The number of piperidine rings is 1. The predicted molar refractivity (Wildman–Crippen MR) is 135 cm³/mol. The second-order valence-corrected chi connectivity index (χ2v) is 7.98. The molecule has 30 heavy (non-hydrogen) atoms. The molecule has 1 fully saturated rings. The maximum Gasteiger partial charge on any atom is 0.225 e. The SMILES string of the molecule is CCC(CC)C(=O)N1CCC(NC(=NC)NCC(C)Oc2ccccc2Cl)CC1.I. The van der Waals surface area contributed by atoms with Gasteiger partial charge in [0.25, 0.3) is 0 Å². The molecule has 1 aliphatic rings. The zero-order valence-corrected chi connectivity index (χ0v) is 21.6. The zero-order chi connectivity index (χ0) is 21.2. The highest BCUT2D eigenvalue weighted by atomic mass is 127. The minimum atomic E-state index is -0.0621. The van der Waals surface area contributed by atoms with E-state index < -0.39 is 0 Å². The van der Waals surface area contributed by atoms with Crippen LogP contribution < -0.4 is 15.4 Å². The Kier molecular flexibility index (Phi) is 12.5. The number of amides is 1. The fourth-order valence-electron chi connectivity index (χ4n) is 3.57. The van der Waals surface area contributed by atoms with E-state index in [0.29, 0.717) is 29.3 Å². The van der Waals surface area contributed by atoms with E-state index >= 15 is 0 Å². The van der Waals surface area contributed by atoms with Crippen LogP contribution in [-0.2, 0) is 4.79 Å². The predicted octanol–water partition coefficient (Wildman–Crippen LogP) is 4.32. The van der Waals surface area contributed by atoms with Crippen molar-refractivity contribution in [2.45, 2.75) is 58.6 Å². The Morgan fingerprint density at radius 1 is 1.27 bits per heavy atom. The Morgan fingerprint density at radius 3 is 2.47 bits per heavy atom. The number of carbonyl (C=O) groups excluding carboxylic acids is 1. The van der Waals surface area contributed by atoms with Gasteiger partial charge in [-0.25, -0.2) is 0 Å². The van der Waals surface area contributed by atoms with Gasteiger partial charge in [-0.15, -0.1) is 24.0 Å². The van der Waals surface area contributed by atoms with E-state index in [1.165, 1.54) is 0 Å². The van der Waals surface area contributed by atoms with Crippen LogP contribution >= 0.6 is 35.6 Å². The van der Waals surface area contributed by atoms with Crippen LogP contribution in [-0.4, -0.2) is 55.6 Å². The number of hydrogen-bond donors (Lipinski definition) is 2. The van der Waals surface area contributed by atoms with Crippen LogP contribution in [0, 0.1) is 5.92 Å². The van der Waals surface area contributed by atoms with E-state index in [9.17, 15) is 4.79 Å². The summed E-state index contributed by atoms with van der Waals surface area (Å²) in [6, 6.07) is 7.78. The Labute approximate surface area is 203 Å².